The summed E-state index contributed by atoms with van der Waals surface area (Å²) in [5.41, 5.74) is 4.82. The van der Waals surface area contributed by atoms with Crippen LogP contribution >= 0.6 is 0 Å². The fraction of sp³-hybridized carbons (Fsp3) is 0.318. The molecule has 3 aromatic heterocycles. The van der Waals surface area contributed by atoms with Crippen molar-refractivity contribution < 1.29 is 32.3 Å². The SMILES string of the molecule is O=C1CCC(c2cnc(N3CCN(CCC4CCN(NC(=O)c5ccc(Nc6ncc(F)c(Nc7ccc(NC(=O)c8ncccc8F)cc7)n6)cc5)CC4)CC3)cc2F)C(=O)N1. The van der Waals surface area contributed by atoms with Gasteiger partial charge in [0, 0.05) is 92.3 Å². The zero-order valence-corrected chi connectivity index (χ0v) is 34.1. The minimum Gasteiger partial charge on any atom is -0.354 e. The maximum absolute atomic E-state index is 15.1. The van der Waals surface area contributed by atoms with Crippen LogP contribution in [0.5, 0.6) is 0 Å². The number of piperidine rings is 2. The zero-order chi connectivity index (χ0) is 43.9. The molecular weight excluding hydrogens is 818 g/mol. The number of benzene rings is 2. The number of aromatic nitrogens is 4. The van der Waals surface area contributed by atoms with E-state index in [9.17, 15) is 28.0 Å². The van der Waals surface area contributed by atoms with Gasteiger partial charge in [-0.25, -0.2) is 33.1 Å². The van der Waals surface area contributed by atoms with Crippen LogP contribution in [0.25, 0.3) is 0 Å². The largest absolute Gasteiger partial charge is 0.354 e. The Labute approximate surface area is 360 Å². The Morgan fingerprint density at radius 3 is 2.17 bits per heavy atom. The molecule has 6 heterocycles. The van der Waals surface area contributed by atoms with E-state index in [-0.39, 0.29) is 47.7 Å². The Balaban J connectivity index is 0.742. The van der Waals surface area contributed by atoms with Gasteiger partial charge in [0.15, 0.2) is 23.1 Å². The lowest BCUT2D eigenvalue weighted by molar-refractivity contribution is -0.134. The van der Waals surface area contributed by atoms with Crippen molar-refractivity contribution in [3.8, 4) is 0 Å². The van der Waals surface area contributed by atoms with Crippen LogP contribution in [0.2, 0.25) is 0 Å². The topological polar surface area (TPSA) is 190 Å². The second-order valence-corrected chi connectivity index (χ2v) is 15.6. The van der Waals surface area contributed by atoms with Crippen LogP contribution in [0.4, 0.5) is 47.8 Å². The van der Waals surface area contributed by atoms with E-state index in [2.05, 4.69) is 56.4 Å². The van der Waals surface area contributed by atoms with Gasteiger partial charge in [0.05, 0.1) is 12.1 Å². The minimum absolute atomic E-state index is 0.0939. The van der Waals surface area contributed by atoms with Crippen molar-refractivity contribution in [3.05, 3.63) is 120 Å². The average molecular weight is 863 g/mol. The lowest BCUT2D eigenvalue weighted by Gasteiger charge is -2.37. The van der Waals surface area contributed by atoms with Crippen molar-refractivity contribution in [2.75, 3.05) is 66.7 Å². The number of imide groups is 1. The van der Waals surface area contributed by atoms with Crippen LogP contribution in [0.15, 0.2) is 85.3 Å². The summed E-state index contributed by atoms with van der Waals surface area (Å²) < 4.78 is 43.7. The minimum atomic E-state index is -0.741. The van der Waals surface area contributed by atoms with Crippen LogP contribution in [0.3, 0.4) is 0 Å². The average Bonchev–Trinajstić information content (AvgIpc) is 3.29. The fourth-order valence-corrected chi connectivity index (χ4v) is 7.82. The van der Waals surface area contributed by atoms with Crippen LogP contribution in [0.1, 0.15) is 64.4 Å². The lowest BCUT2D eigenvalue weighted by atomic mass is 9.91. The molecule has 0 radical (unpaired) electrons. The Hall–Kier alpha value is -6.99. The molecule has 3 aliphatic heterocycles. The molecule has 326 valence electrons. The zero-order valence-electron chi connectivity index (χ0n) is 34.1. The fourth-order valence-electron chi connectivity index (χ4n) is 7.82. The number of amides is 4. The monoisotopic (exact) mass is 862 g/mol. The van der Waals surface area contributed by atoms with Gasteiger partial charge < -0.3 is 20.9 Å². The van der Waals surface area contributed by atoms with Crippen molar-refractivity contribution in [1.82, 2.24) is 40.6 Å². The Kier molecular flexibility index (Phi) is 13.1. The highest BCUT2D eigenvalue weighted by Crippen LogP contribution is 2.29. The second kappa shape index (κ2) is 19.4. The van der Waals surface area contributed by atoms with E-state index in [0.717, 1.165) is 64.2 Å². The number of pyridine rings is 2. The molecular formula is C44H45F3N12O4. The molecule has 5 aromatic rings. The third kappa shape index (κ3) is 10.7. The molecule has 8 rings (SSSR count). The summed E-state index contributed by atoms with van der Waals surface area (Å²) in [5.74, 6) is -3.27. The number of rotatable bonds is 13. The number of anilines is 6. The molecule has 3 saturated heterocycles. The summed E-state index contributed by atoms with van der Waals surface area (Å²) in [6.45, 7) is 5.52. The van der Waals surface area contributed by atoms with Gasteiger partial charge in [0.25, 0.3) is 11.8 Å². The van der Waals surface area contributed by atoms with E-state index in [4.69, 9.17) is 0 Å². The number of piperazine rings is 1. The molecule has 0 bridgehead atoms. The van der Waals surface area contributed by atoms with Gasteiger partial charge in [-0.1, -0.05) is 0 Å². The predicted molar refractivity (Wildman–Crippen MR) is 228 cm³/mol. The molecule has 16 nitrogen and oxygen atoms in total. The van der Waals surface area contributed by atoms with Crippen LogP contribution in [-0.2, 0) is 9.59 Å². The molecule has 19 heteroatoms. The maximum Gasteiger partial charge on any atom is 0.277 e. The number of nitrogens with one attached hydrogen (secondary N) is 5. The number of hydrogen-bond donors (Lipinski definition) is 5. The molecule has 1 unspecified atom stereocenters. The highest BCUT2D eigenvalue weighted by molar-refractivity contribution is 6.03. The van der Waals surface area contributed by atoms with Gasteiger partial charge in [-0.15, -0.1) is 0 Å². The summed E-state index contributed by atoms with van der Waals surface area (Å²) in [7, 11) is 0. The smallest absolute Gasteiger partial charge is 0.277 e. The van der Waals surface area contributed by atoms with Crippen molar-refractivity contribution in [1.29, 1.82) is 0 Å². The first-order chi connectivity index (χ1) is 30.5. The normalized spacial score (nSPS) is 17.5. The molecule has 0 saturated carbocycles. The van der Waals surface area contributed by atoms with Crippen molar-refractivity contribution in [2.45, 2.75) is 38.0 Å². The molecule has 2 aromatic carbocycles. The highest BCUT2D eigenvalue weighted by atomic mass is 19.1. The van der Waals surface area contributed by atoms with Crippen LogP contribution in [-0.4, -0.2) is 99.3 Å². The Bertz CT molecular complexity index is 2460. The number of nitrogens with zero attached hydrogens (tertiary/aromatic N) is 7. The third-order valence-electron chi connectivity index (χ3n) is 11.4. The molecule has 0 aliphatic carbocycles. The van der Waals surface area contributed by atoms with Gasteiger partial charge in [-0.3, -0.25) is 34.8 Å². The first-order valence-electron chi connectivity index (χ1n) is 20.8. The number of carbonyl (C=O) groups is 4. The van der Waals surface area contributed by atoms with Crippen molar-refractivity contribution in [3.63, 3.8) is 0 Å². The summed E-state index contributed by atoms with van der Waals surface area (Å²) in [6, 6.07) is 17.0. The third-order valence-corrected chi connectivity index (χ3v) is 11.4. The Morgan fingerprint density at radius 2 is 1.46 bits per heavy atom. The molecule has 63 heavy (non-hydrogen) atoms. The molecule has 5 N–H and O–H groups in total. The van der Waals surface area contributed by atoms with E-state index in [1.165, 1.54) is 24.5 Å². The summed E-state index contributed by atoms with van der Waals surface area (Å²) in [4.78, 5) is 70.2. The van der Waals surface area contributed by atoms with Gasteiger partial charge in [-0.05, 0) is 98.8 Å². The van der Waals surface area contributed by atoms with E-state index in [0.29, 0.717) is 47.5 Å². The second-order valence-electron chi connectivity index (χ2n) is 15.6. The number of carbonyl (C=O) groups excluding carboxylic acids is 4. The molecule has 0 spiro atoms. The summed E-state index contributed by atoms with van der Waals surface area (Å²) in [5, 5.41) is 12.7. The first-order valence-corrected chi connectivity index (χ1v) is 20.8. The molecule has 1 atom stereocenters. The van der Waals surface area contributed by atoms with Gasteiger partial charge in [0.2, 0.25) is 17.8 Å². The van der Waals surface area contributed by atoms with Gasteiger partial charge in [0.1, 0.15) is 11.6 Å². The quantitative estimate of drug-likeness (QED) is 0.0933. The highest BCUT2D eigenvalue weighted by Gasteiger charge is 2.31. The van der Waals surface area contributed by atoms with E-state index in [1.54, 1.807) is 48.5 Å². The van der Waals surface area contributed by atoms with Crippen LogP contribution < -0.4 is 31.6 Å². The first kappa shape index (κ1) is 42.7. The van der Waals surface area contributed by atoms with Gasteiger partial charge in [-0.2, -0.15) is 4.98 Å². The van der Waals surface area contributed by atoms with Crippen molar-refractivity contribution in [2.24, 2.45) is 5.92 Å². The van der Waals surface area contributed by atoms with Crippen molar-refractivity contribution >= 4 is 58.3 Å². The standard InChI is InChI=1S/C44H45F3N12O4/c45-34-2-1-16-48-39(34)43(63)52-30-9-7-29(8-10-30)51-40-36(47)26-50-44(55-40)53-31-5-3-28(4-6-31)41(61)56-59-18-14-27(15-19-59)13-17-57-20-22-58(23-21-57)37-24-35(46)33(25-49-37)32-11-12-38(60)54-42(32)62/h1-10,16,24-27,32H,11-15,17-23H2,(H,52,63)(H,56,61)(H,54,60,62)(H2,50,51,53,55). The predicted octanol–water partition coefficient (Wildman–Crippen LogP) is 5.51. The van der Waals surface area contributed by atoms with Gasteiger partial charge >= 0.3 is 0 Å². The summed E-state index contributed by atoms with van der Waals surface area (Å²) in [6.07, 6.45) is 7.19. The molecule has 4 amide bonds. The van der Waals surface area contributed by atoms with Crippen LogP contribution in [0, 0.1) is 23.4 Å². The lowest BCUT2D eigenvalue weighted by Crippen LogP contribution is -2.48. The van der Waals surface area contributed by atoms with E-state index >= 15 is 4.39 Å². The molecule has 3 fully saturated rings. The Morgan fingerprint density at radius 1 is 0.746 bits per heavy atom. The number of halogens is 3. The number of hydrogen-bond acceptors (Lipinski definition) is 13. The molecule has 3 aliphatic rings. The van der Waals surface area contributed by atoms with E-state index < -0.39 is 35.2 Å². The number of hydrazine groups is 1. The van der Waals surface area contributed by atoms with E-state index in [1.807, 2.05) is 5.01 Å². The maximum atomic E-state index is 15.1. The summed E-state index contributed by atoms with van der Waals surface area (Å²) >= 11 is 0.